The third kappa shape index (κ3) is 4.56. The molecule has 0 aliphatic carbocycles. The molecule has 0 unspecified atom stereocenters. The van der Waals surface area contributed by atoms with E-state index in [1.165, 1.54) is 6.07 Å². The molecule has 0 bridgehead atoms. The molecule has 1 heterocycles. The fourth-order valence-electron chi connectivity index (χ4n) is 3.01. The second kappa shape index (κ2) is 8.10. The lowest BCUT2D eigenvalue weighted by molar-refractivity contribution is -0.137. The van der Waals surface area contributed by atoms with Crippen molar-refractivity contribution in [2.24, 2.45) is 0 Å². The minimum absolute atomic E-state index is 0.136. The Bertz CT molecular complexity index is 847. The molecule has 28 heavy (non-hydrogen) atoms. The van der Waals surface area contributed by atoms with E-state index in [-0.39, 0.29) is 5.69 Å². The Morgan fingerprint density at radius 1 is 1.11 bits per heavy atom. The van der Waals surface area contributed by atoms with E-state index >= 15 is 0 Å². The predicted molar refractivity (Wildman–Crippen MR) is 103 cm³/mol. The van der Waals surface area contributed by atoms with Crippen LogP contribution in [0.15, 0.2) is 42.5 Å². The van der Waals surface area contributed by atoms with Crippen LogP contribution in [0.1, 0.15) is 15.9 Å². The van der Waals surface area contributed by atoms with Crippen molar-refractivity contribution in [3.05, 3.63) is 53.6 Å². The summed E-state index contributed by atoms with van der Waals surface area (Å²) >= 11 is 0. The molecule has 3 rings (SSSR count). The number of anilines is 3. The van der Waals surface area contributed by atoms with E-state index < -0.39 is 17.6 Å². The first-order valence-electron chi connectivity index (χ1n) is 8.88. The monoisotopic (exact) mass is 393 g/mol. The summed E-state index contributed by atoms with van der Waals surface area (Å²) in [7, 11) is 3.70. The lowest BCUT2D eigenvalue weighted by atomic mass is 10.1. The minimum atomic E-state index is -4.49. The number of hydrogen-bond acceptors (Lipinski definition) is 4. The predicted octanol–water partition coefficient (Wildman–Crippen LogP) is 3.86. The number of amides is 1. The average molecular weight is 393 g/mol. The van der Waals surface area contributed by atoms with Crippen LogP contribution in [0.2, 0.25) is 0 Å². The molecule has 1 aliphatic rings. The van der Waals surface area contributed by atoms with Crippen molar-refractivity contribution in [3.63, 3.8) is 0 Å². The van der Waals surface area contributed by atoms with Crippen LogP contribution in [0.3, 0.4) is 0 Å². The fourth-order valence-corrected chi connectivity index (χ4v) is 3.01. The molecule has 1 amide bonds. The second-order valence-corrected chi connectivity index (χ2v) is 6.73. The largest absolute Gasteiger partial charge is 0.416 e. The van der Waals surface area contributed by atoms with Crippen molar-refractivity contribution in [2.45, 2.75) is 6.18 Å². The van der Waals surface area contributed by atoms with E-state index in [2.05, 4.69) is 5.32 Å². The SMILES string of the molecule is CN(C)c1cccc(C(=O)Nc2cc(C(F)(F)F)ccc2N2CCOCC2)c1. The van der Waals surface area contributed by atoms with Crippen LogP contribution < -0.4 is 15.1 Å². The zero-order valence-corrected chi connectivity index (χ0v) is 15.7. The maximum Gasteiger partial charge on any atom is 0.416 e. The molecule has 1 N–H and O–H groups in total. The van der Waals surface area contributed by atoms with E-state index in [0.29, 0.717) is 37.6 Å². The highest BCUT2D eigenvalue weighted by molar-refractivity contribution is 6.06. The van der Waals surface area contributed by atoms with Crippen LogP contribution in [-0.4, -0.2) is 46.3 Å². The molecule has 1 fully saturated rings. The minimum Gasteiger partial charge on any atom is -0.378 e. The van der Waals surface area contributed by atoms with Crippen LogP contribution >= 0.6 is 0 Å². The molecule has 0 aromatic heterocycles. The summed E-state index contributed by atoms with van der Waals surface area (Å²) in [5.41, 5.74) is 1.08. The fraction of sp³-hybridized carbons (Fsp3) is 0.350. The van der Waals surface area contributed by atoms with Crippen molar-refractivity contribution in [1.29, 1.82) is 0 Å². The van der Waals surface area contributed by atoms with Gasteiger partial charge in [0.25, 0.3) is 5.91 Å². The van der Waals surface area contributed by atoms with E-state index in [4.69, 9.17) is 4.74 Å². The number of benzene rings is 2. The van der Waals surface area contributed by atoms with Crippen LogP contribution in [0, 0.1) is 0 Å². The van der Waals surface area contributed by atoms with Gasteiger partial charge in [-0.25, -0.2) is 0 Å². The molecule has 0 saturated carbocycles. The van der Waals surface area contributed by atoms with Crippen molar-refractivity contribution >= 4 is 23.0 Å². The van der Waals surface area contributed by atoms with Gasteiger partial charge in [-0.1, -0.05) is 6.07 Å². The van der Waals surface area contributed by atoms with E-state index in [0.717, 1.165) is 17.8 Å². The Morgan fingerprint density at radius 3 is 2.46 bits per heavy atom. The average Bonchev–Trinajstić information content (AvgIpc) is 2.68. The number of hydrogen-bond donors (Lipinski definition) is 1. The summed E-state index contributed by atoms with van der Waals surface area (Å²) in [6, 6.07) is 10.3. The number of carbonyl (C=O) groups is 1. The maximum absolute atomic E-state index is 13.2. The molecule has 2 aromatic rings. The smallest absolute Gasteiger partial charge is 0.378 e. The molecular formula is C20H22F3N3O2. The lowest BCUT2D eigenvalue weighted by Gasteiger charge is -2.31. The third-order valence-corrected chi connectivity index (χ3v) is 4.55. The Kier molecular flexibility index (Phi) is 5.79. The van der Waals surface area contributed by atoms with E-state index in [1.54, 1.807) is 18.2 Å². The lowest BCUT2D eigenvalue weighted by Crippen LogP contribution is -2.36. The summed E-state index contributed by atoms with van der Waals surface area (Å²) in [5.74, 6) is -0.461. The molecular weight excluding hydrogens is 371 g/mol. The first-order chi connectivity index (χ1) is 13.3. The highest BCUT2D eigenvalue weighted by atomic mass is 19.4. The molecule has 1 aliphatic heterocycles. The Morgan fingerprint density at radius 2 is 1.82 bits per heavy atom. The summed E-state index contributed by atoms with van der Waals surface area (Å²) in [6.07, 6.45) is -4.49. The molecule has 1 saturated heterocycles. The zero-order chi connectivity index (χ0) is 20.3. The second-order valence-electron chi connectivity index (χ2n) is 6.73. The first kappa shape index (κ1) is 20.0. The Labute approximate surface area is 161 Å². The number of nitrogens with one attached hydrogen (secondary N) is 1. The van der Waals surface area contributed by atoms with Crippen molar-refractivity contribution in [2.75, 3.05) is 55.5 Å². The van der Waals surface area contributed by atoms with Crippen LogP contribution in [0.25, 0.3) is 0 Å². The van der Waals surface area contributed by atoms with Crippen molar-refractivity contribution in [3.8, 4) is 0 Å². The summed E-state index contributed by atoms with van der Waals surface area (Å²) in [4.78, 5) is 16.5. The molecule has 2 aromatic carbocycles. The quantitative estimate of drug-likeness (QED) is 0.857. The van der Waals surface area contributed by atoms with E-state index in [1.807, 2.05) is 30.0 Å². The van der Waals surface area contributed by atoms with Gasteiger partial charge in [-0.3, -0.25) is 4.79 Å². The van der Waals surface area contributed by atoms with Gasteiger partial charge in [0.15, 0.2) is 0 Å². The number of ether oxygens (including phenoxy) is 1. The highest BCUT2D eigenvalue weighted by Crippen LogP contribution is 2.36. The third-order valence-electron chi connectivity index (χ3n) is 4.55. The Hall–Kier alpha value is -2.74. The van der Waals surface area contributed by atoms with Crippen molar-refractivity contribution in [1.82, 2.24) is 0 Å². The van der Waals surface area contributed by atoms with Gasteiger partial charge in [-0.2, -0.15) is 13.2 Å². The molecule has 8 heteroatoms. The zero-order valence-electron chi connectivity index (χ0n) is 15.7. The van der Waals surface area contributed by atoms with Gasteiger partial charge in [0.1, 0.15) is 0 Å². The van der Waals surface area contributed by atoms with Gasteiger partial charge in [0, 0.05) is 38.4 Å². The van der Waals surface area contributed by atoms with Gasteiger partial charge in [0.05, 0.1) is 30.2 Å². The highest BCUT2D eigenvalue weighted by Gasteiger charge is 2.32. The van der Waals surface area contributed by atoms with Crippen LogP contribution in [0.4, 0.5) is 30.2 Å². The number of halogens is 3. The van der Waals surface area contributed by atoms with Crippen molar-refractivity contribution < 1.29 is 22.7 Å². The first-order valence-corrected chi connectivity index (χ1v) is 8.88. The molecule has 0 spiro atoms. The Balaban J connectivity index is 1.93. The standard InChI is InChI=1S/C20H22F3N3O2/c1-25(2)16-5-3-4-14(12-16)19(27)24-17-13-15(20(21,22)23)6-7-18(17)26-8-10-28-11-9-26/h3-7,12-13H,8-11H2,1-2H3,(H,24,27). The number of alkyl halides is 3. The number of rotatable bonds is 4. The van der Waals surface area contributed by atoms with Gasteiger partial charge in [-0.05, 0) is 36.4 Å². The summed E-state index contributed by atoms with van der Waals surface area (Å²) in [6.45, 7) is 2.06. The van der Waals surface area contributed by atoms with Gasteiger partial charge < -0.3 is 19.9 Å². The maximum atomic E-state index is 13.2. The molecule has 0 atom stereocenters. The van der Waals surface area contributed by atoms with Crippen LogP contribution in [0.5, 0.6) is 0 Å². The summed E-state index contributed by atoms with van der Waals surface area (Å²) in [5, 5.41) is 2.66. The van der Waals surface area contributed by atoms with Gasteiger partial charge >= 0.3 is 6.18 Å². The number of nitrogens with zero attached hydrogens (tertiary/aromatic N) is 2. The van der Waals surface area contributed by atoms with Gasteiger partial charge in [-0.15, -0.1) is 0 Å². The number of morpholine rings is 1. The van der Waals surface area contributed by atoms with Gasteiger partial charge in [0.2, 0.25) is 0 Å². The summed E-state index contributed by atoms with van der Waals surface area (Å²) < 4.78 is 44.9. The molecule has 150 valence electrons. The number of carbonyl (C=O) groups excluding carboxylic acids is 1. The molecule has 5 nitrogen and oxygen atoms in total. The van der Waals surface area contributed by atoms with E-state index in [9.17, 15) is 18.0 Å². The normalized spacial score (nSPS) is 14.7. The topological polar surface area (TPSA) is 44.8 Å². The molecule has 0 radical (unpaired) electrons. The van der Waals surface area contributed by atoms with Crippen LogP contribution in [-0.2, 0) is 10.9 Å².